The van der Waals surface area contributed by atoms with Gasteiger partial charge < -0.3 is 10.1 Å². The van der Waals surface area contributed by atoms with Gasteiger partial charge in [0, 0.05) is 31.7 Å². The molecule has 1 fully saturated rings. The number of hydrogen-bond donors (Lipinski definition) is 1. The quantitative estimate of drug-likeness (QED) is 0.913. The zero-order chi connectivity index (χ0) is 16.1. The highest BCUT2D eigenvalue weighted by Gasteiger charge is 2.26. The Balaban J connectivity index is 1.84. The van der Waals surface area contributed by atoms with Crippen LogP contribution in [0.25, 0.3) is 0 Å². The normalized spacial score (nSPS) is 19.0. The van der Waals surface area contributed by atoms with Crippen molar-refractivity contribution in [2.45, 2.75) is 32.5 Å². The molecular weight excluding hydrogens is 284 g/mol. The third-order valence-corrected chi connectivity index (χ3v) is 4.22. The predicted octanol–water partition coefficient (Wildman–Crippen LogP) is 3.62. The molecule has 3 nitrogen and oxygen atoms in total. The summed E-state index contributed by atoms with van der Waals surface area (Å²) in [5, 5.41) is 3.53. The van der Waals surface area contributed by atoms with Gasteiger partial charge in [0.1, 0.15) is 5.75 Å². The molecule has 0 bridgehead atoms. The van der Waals surface area contributed by atoms with Crippen LogP contribution < -0.4 is 10.1 Å². The summed E-state index contributed by atoms with van der Waals surface area (Å²) in [5.41, 5.74) is 2.64. The summed E-state index contributed by atoms with van der Waals surface area (Å²) in [5.74, 6) is 1.01. The summed E-state index contributed by atoms with van der Waals surface area (Å²) in [7, 11) is 0. The number of para-hydroxylation sites is 1. The number of ether oxygens (including phenoxy) is 1. The van der Waals surface area contributed by atoms with Crippen LogP contribution >= 0.6 is 0 Å². The summed E-state index contributed by atoms with van der Waals surface area (Å²) >= 11 is 0. The van der Waals surface area contributed by atoms with Crippen molar-refractivity contribution in [3.05, 3.63) is 65.7 Å². The molecule has 0 spiro atoms. The van der Waals surface area contributed by atoms with Crippen molar-refractivity contribution in [3.8, 4) is 5.75 Å². The Labute approximate surface area is 139 Å². The average Bonchev–Trinajstić information content (AvgIpc) is 2.56. The van der Waals surface area contributed by atoms with E-state index in [0.29, 0.717) is 6.04 Å². The number of benzene rings is 2. The zero-order valence-electron chi connectivity index (χ0n) is 14.0. The van der Waals surface area contributed by atoms with E-state index in [2.05, 4.69) is 78.7 Å². The number of rotatable bonds is 5. The highest BCUT2D eigenvalue weighted by molar-refractivity contribution is 5.37. The Morgan fingerprint density at radius 2 is 1.83 bits per heavy atom. The first-order chi connectivity index (χ1) is 11.2. The van der Waals surface area contributed by atoms with E-state index >= 15 is 0 Å². The molecule has 0 unspecified atom stereocenters. The van der Waals surface area contributed by atoms with Crippen LogP contribution in [0.5, 0.6) is 5.75 Å². The lowest BCUT2D eigenvalue weighted by atomic mass is 10.0. The Morgan fingerprint density at radius 3 is 2.61 bits per heavy atom. The van der Waals surface area contributed by atoms with Crippen molar-refractivity contribution in [1.29, 1.82) is 0 Å². The molecule has 1 aliphatic heterocycles. The molecule has 23 heavy (non-hydrogen) atoms. The predicted molar refractivity (Wildman–Crippen MR) is 94.7 cm³/mol. The fourth-order valence-corrected chi connectivity index (χ4v) is 3.18. The summed E-state index contributed by atoms with van der Waals surface area (Å²) in [6.07, 6.45) is 0.190. The van der Waals surface area contributed by atoms with E-state index in [4.69, 9.17) is 4.74 Å². The standard InChI is InChI=1S/C20H26N2O/c1-16(2)23-20-11-7-6-10-18(20)19-14-21-12-13-22(19)15-17-8-4-3-5-9-17/h3-11,16,19,21H,12-15H2,1-2H3/t19-/m1/s1. The molecular formula is C20H26N2O. The van der Waals surface area contributed by atoms with Gasteiger partial charge in [0.15, 0.2) is 0 Å². The Hall–Kier alpha value is -1.84. The Morgan fingerprint density at radius 1 is 1.09 bits per heavy atom. The van der Waals surface area contributed by atoms with Crippen LogP contribution in [0.2, 0.25) is 0 Å². The van der Waals surface area contributed by atoms with E-state index in [-0.39, 0.29) is 6.10 Å². The van der Waals surface area contributed by atoms with Crippen LogP contribution in [-0.2, 0) is 6.54 Å². The molecule has 2 aromatic carbocycles. The Kier molecular flexibility index (Phi) is 5.31. The lowest BCUT2D eigenvalue weighted by Crippen LogP contribution is -2.45. The number of piperazine rings is 1. The topological polar surface area (TPSA) is 24.5 Å². The molecule has 1 atom stereocenters. The van der Waals surface area contributed by atoms with Crippen LogP contribution in [0.4, 0.5) is 0 Å². The van der Waals surface area contributed by atoms with Crippen LogP contribution in [0, 0.1) is 0 Å². The van der Waals surface area contributed by atoms with Crippen LogP contribution in [0.1, 0.15) is 31.0 Å². The maximum absolute atomic E-state index is 6.04. The van der Waals surface area contributed by atoms with Gasteiger partial charge in [0.2, 0.25) is 0 Å². The second kappa shape index (κ2) is 7.62. The van der Waals surface area contributed by atoms with Gasteiger partial charge in [0.25, 0.3) is 0 Å². The van der Waals surface area contributed by atoms with Gasteiger partial charge >= 0.3 is 0 Å². The minimum Gasteiger partial charge on any atom is -0.491 e. The fraction of sp³-hybridized carbons (Fsp3) is 0.400. The Bertz CT molecular complexity index is 612. The van der Waals surface area contributed by atoms with Crippen LogP contribution in [0.3, 0.4) is 0 Å². The molecule has 0 saturated carbocycles. The van der Waals surface area contributed by atoms with Gasteiger partial charge in [0.05, 0.1) is 12.1 Å². The van der Waals surface area contributed by atoms with Gasteiger partial charge in [-0.1, -0.05) is 48.5 Å². The van der Waals surface area contributed by atoms with Gasteiger partial charge in [-0.15, -0.1) is 0 Å². The number of hydrogen-bond acceptors (Lipinski definition) is 3. The second-order valence-electron chi connectivity index (χ2n) is 6.38. The molecule has 3 rings (SSSR count). The monoisotopic (exact) mass is 310 g/mol. The second-order valence-corrected chi connectivity index (χ2v) is 6.38. The number of nitrogens with zero attached hydrogens (tertiary/aromatic N) is 1. The summed E-state index contributed by atoms with van der Waals surface area (Å²) < 4.78 is 6.04. The van der Waals surface area contributed by atoms with Gasteiger partial charge in [-0.2, -0.15) is 0 Å². The van der Waals surface area contributed by atoms with E-state index < -0.39 is 0 Å². The number of nitrogens with one attached hydrogen (secondary N) is 1. The minimum absolute atomic E-state index is 0.190. The van der Waals surface area contributed by atoms with E-state index in [9.17, 15) is 0 Å². The molecule has 1 heterocycles. The van der Waals surface area contributed by atoms with Crippen molar-refractivity contribution >= 4 is 0 Å². The first kappa shape index (κ1) is 16.0. The van der Waals surface area contributed by atoms with Gasteiger partial charge in [-0.05, 0) is 25.5 Å². The largest absolute Gasteiger partial charge is 0.491 e. The van der Waals surface area contributed by atoms with E-state index in [0.717, 1.165) is 31.9 Å². The van der Waals surface area contributed by atoms with Crippen LogP contribution in [0.15, 0.2) is 54.6 Å². The molecule has 0 amide bonds. The first-order valence-corrected chi connectivity index (χ1v) is 8.48. The van der Waals surface area contributed by atoms with Crippen molar-refractivity contribution < 1.29 is 4.74 Å². The van der Waals surface area contributed by atoms with E-state index in [1.807, 2.05) is 0 Å². The molecule has 122 valence electrons. The molecule has 0 radical (unpaired) electrons. The zero-order valence-corrected chi connectivity index (χ0v) is 14.0. The third-order valence-electron chi connectivity index (χ3n) is 4.22. The lowest BCUT2D eigenvalue weighted by Gasteiger charge is -2.37. The van der Waals surface area contributed by atoms with Crippen molar-refractivity contribution in [2.75, 3.05) is 19.6 Å². The molecule has 0 aromatic heterocycles. The molecule has 0 aliphatic carbocycles. The van der Waals surface area contributed by atoms with E-state index in [1.54, 1.807) is 0 Å². The molecule has 2 aromatic rings. The molecule has 1 aliphatic rings. The van der Waals surface area contributed by atoms with Crippen molar-refractivity contribution in [1.82, 2.24) is 10.2 Å². The fourth-order valence-electron chi connectivity index (χ4n) is 3.18. The summed E-state index contributed by atoms with van der Waals surface area (Å²) in [6.45, 7) is 8.19. The van der Waals surface area contributed by atoms with Crippen LogP contribution in [-0.4, -0.2) is 30.6 Å². The lowest BCUT2D eigenvalue weighted by molar-refractivity contribution is 0.147. The third kappa shape index (κ3) is 4.12. The maximum Gasteiger partial charge on any atom is 0.124 e. The highest BCUT2D eigenvalue weighted by Crippen LogP contribution is 2.31. The van der Waals surface area contributed by atoms with Crippen molar-refractivity contribution in [2.24, 2.45) is 0 Å². The highest BCUT2D eigenvalue weighted by atomic mass is 16.5. The van der Waals surface area contributed by atoms with Crippen molar-refractivity contribution in [3.63, 3.8) is 0 Å². The van der Waals surface area contributed by atoms with Gasteiger partial charge in [-0.25, -0.2) is 0 Å². The molecule has 1 N–H and O–H groups in total. The maximum atomic E-state index is 6.04. The SMILES string of the molecule is CC(C)Oc1ccccc1[C@H]1CNCCN1Cc1ccccc1. The first-order valence-electron chi connectivity index (χ1n) is 8.48. The van der Waals surface area contributed by atoms with E-state index in [1.165, 1.54) is 11.1 Å². The van der Waals surface area contributed by atoms with Gasteiger partial charge in [-0.3, -0.25) is 4.90 Å². The molecule has 1 saturated heterocycles. The summed E-state index contributed by atoms with van der Waals surface area (Å²) in [4.78, 5) is 2.55. The minimum atomic E-state index is 0.190. The summed E-state index contributed by atoms with van der Waals surface area (Å²) in [6, 6.07) is 19.5. The molecule has 3 heteroatoms. The smallest absolute Gasteiger partial charge is 0.124 e. The average molecular weight is 310 g/mol.